The highest BCUT2D eigenvalue weighted by molar-refractivity contribution is 5.98. The Morgan fingerprint density at radius 3 is 1.89 bits per heavy atom. The van der Waals surface area contributed by atoms with Crippen LogP contribution in [0, 0.1) is 5.92 Å². The molecule has 0 radical (unpaired) electrons. The molecule has 0 aliphatic rings. The van der Waals surface area contributed by atoms with Crippen LogP contribution in [0.1, 0.15) is 71.3 Å². The van der Waals surface area contributed by atoms with E-state index in [1.165, 1.54) is 0 Å². The van der Waals surface area contributed by atoms with Crippen molar-refractivity contribution in [2.24, 2.45) is 5.92 Å². The standard InChI is InChI=1S/C22H35N3O3/c1-14(2)18(20(28)23-13-17(26)25-22(6,7)8)24-19(27)15-9-11-16(12-10-15)21(3,4)5/h9-12,14,18H,13H2,1-8H3,(H,23,28)(H,24,27)(H,25,26). The molecule has 0 bridgehead atoms. The molecule has 28 heavy (non-hydrogen) atoms. The first kappa shape index (κ1) is 23.7. The van der Waals surface area contributed by atoms with Crippen molar-refractivity contribution in [3.63, 3.8) is 0 Å². The normalized spacial score (nSPS) is 13.0. The van der Waals surface area contributed by atoms with Gasteiger partial charge in [-0.05, 0) is 49.8 Å². The summed E-state index contributed by atoms with van der Waals surface area (Å²) in [5.74, 6) is -1.08. The summed E-state index contributed by atoms with van der Waals surface area (Å²) in [5, 5.41) is 8.17. The van der Waals surface area contributed by atoms with Crippen LogP contribution in [0.3, 0.4) is 0 Å². The van der Waals surface area contributed by atoms with Crippen LogP contribution < -0.4 is 16.0 Å². The Hall–Kier alpha value is -2.37. The second-order valence-corrected chi connectivity index (χ2v) is 9.54. The lowest BCUT2D eigenvalue weighted by atomic mass is 9.86. The average molecular weight is 390 g/mol. The third-order valence-corrected chi connectivity index (χ3v) is 4.19. The molecule has 0 saturated carbocycles. The van der Waals surface area contributed by atoms with E-state index in [9.17, 15) is 14.4 Å². The predicted octanol–water partition coefficient (Wildman–Crippen LogP) is 2.77. The van der Waals surface area contributed by atoms with Crippen molar-refractivity contribution in [3.8, 4) is 0 Å². The van der Waals surface area contributed by atoms with Crippen molar-refractivity contribution < 1.29 is 14.4 Å². The number of amides is 3. The molecular formula is C22H35N3O3. The van der Waals surface area contributed by atoms with E-state index in [0.717, 1.165) is 5.56 Å². The third-order valence-electron chi connectivity index (χ3n) is 4.19. The van der Waals surface area contributed by atoms with Gasteiger partial charge < -0.3 is 16.0 Å². The number of hydrogen-bond acceptors (Lipinski definition) is 3. The van der Waals surface area contributed by atoms with Gasteiger partial charge in [-0.2, -0.15) is 0 Å². The van der Waals surface area contributed by atoms with Gasteiger partial charge in [0.2, 0.25) is 11.8 Å². The molecule has 0 aromatic heterocycles. The molecule has 0 aliphatic heterocycles. The number of carbonyl (C=O) groups excluding carboxylic acids is 3. The summed E-state index contributed by atoms with van der Waals surface area (Å²) in [6.45, 7) is 15.5. The molecule has 3 N–H and O–H groups in total. The van der Waals surface area contributed by atoms with Gasteiger partial charge in [-0.1, -0.05) is 46.8 Å². The molecule has 3 amide bonds. The predicted molar refractivity (Wildman–Crippen MR) is 112 cm³/mol. The minimum absolute atomic E-state index is 0.00296. The molecule has 156 valence electrons. The van der Waals surface area contributed by atoms with Gasteiger partial charge in [0.15, 0.2) is 0 Å². The Morgan fingerprint density at radius 2 is 1.46 bits per heavy atom. The summed E-state index contributed by atoms with van der Waals surface area (Å²) in [6.07, 6.45) is 0. The van der Waals surface area contributed by atoms with E-state index in [-0.39, 0.29) is 41.1 Å². The van der Waals surface area contributed by atoms with Crippen LogP contribution in [0.5, 0.6) is 0 Å². The van der Waals surface area contributed by atoms with E-state index in [1.54, 1.807) is 12.1 Å². The van der Waals surface area contributed by atoms with E-state index >= 15 is 0 Å². The summed E-state index contributed by atoms with van der Waals surface area (Å²) in [5.41, 5.74) is 1.26. The van der Waals surface area contributed by atoms with E-state index in [0.29, 0.717) is 5.56 Å². The highest BCUT2D eigenvalue weighted by atomic mass is 16.2. The molecule has 0 fully saturated rings. The molecule has 0 saturated heterocycles. The maximum Gasteiger partial charge on any atom is 0.251 e. The fraction of sp³-hybridized carbons (Fsp3) is 0.591. The Morgan fingerprint density at radius 1 is 0.929 bits per heavy atom. The summed E-state index contributed by atoms with van der Waals surface area (Å²) in [6, 6.07) is 6.66. The maximum atomic E-state index is 12.6. The van der Waals surface area contributed by atoms with E-state index in [4.69, 9.17) is 0 Å². The largest absolute Gasteiger partial charge is 0.350 e. The Kier molecular flexibility index (Phi) is 7.79. The molecule has 0 heterocycles. The van der Waals surface area contributed by atoms with Crippen molar-refractivity contribution in [3.05, 3.63) is 35.4 Å². The van der Waals surface area contributed by atoms with E-state index in [2.05, 4.69) is 36.7 Å². The minimum Gasteiger partial charge on any atom is -0.350 e. The summed E-state index contributed by atoms with van der Waals surface area (Å²) < 4.78 is 0. The van der Waals surface area contributed by atoms with Crippen LogP contribution in [0.4, 0.5) is 0 Å². The number of rotatable bonds is 6. The summed E-state index contributed by atoms with van der Waals surface area (Å²) >= 11 is 0. The first-order valence-electron chi connectivity index (χ1n) is 9.71. The average Bonchev–Trinajstić information content (AvgIpc) is 2.54. The fourth-order valence-electron chi connectivity index (χ4n) is 2.62. The SMILES string of the molecule is CC(C)C(NC(=O)c1ccc(C(C)(C)C)cc1)C(=O)NCC(=O)NC(C)(C)C. The van der Waals surface area contributed by atoms with Crippen molar-refractivity contribution in [1.82, 2.24) is 16.0 Å². The molecule has 1 atom stereocenters. The lowest BCUT2D eigenvalue weighted by molar-refractivity contribution is -0.128. The van der Waals surface area contributed by atoms with Crippen LogP contribution in [0.2, 0.25) is 0 Å². The van der Waals surface area contributed by atoms with Crippen molar-refractivity contribution >= 4 is 17.7 Å². The first-order chi connectivity index (χ1) is 12.7. The Labute approximate surface area is 168 Å². The van der Waals surface area contributed by atoms with Gasteiger partial charge in [0.1, 0.15) is 6.04 Å². The number of nitrogens with one attached hydrogen (secondary N) is 3. The molecule has 1 rings (SSSR count). The smallest absolute Gasteiger partial charge is 0.251 e. The highest BCUT2D eigenvalue weighted by Gasteiger charge is 2.25. The molecule has 1 aromatic carbocycles. The lowest BCUT2D eigenvalue weighted by Gasteiger charge is -2.24. The third kappa shape index (κ3) is 7.71. The maximum absolute atomic E-state index is 12.6. The Balaban J connectivity index is 2.74. The van der Waals surface area contributed by atoms with Crippen molar-refractivity contribution in [1.29, 1.82) is 0 Å². The first-order valence-corrected chi connectivity index (χ1v) is 9.71. The lowest BCUT2D eigenvalue weighted by Crippen LogP contribution is -2.52. The van der Waals surface area contributed by atoms with Gasteiger partial charge in [0, 0.05) is 11.1 Å². The molecular weight excluding hydrogens is 354 g/mol. The van der Waals surface area contributed by atoms with Crippen molar-refractivity contribution in [2.75, 3.05) is 6.54 Å². The van der Waals surface area contributed by atoms with Gasteiger partial charge in [0.05, 0.1) is 6.54 Å². The highest BCUT2D eigenvalue weighted by Crippen LogP contribution is 2.22. The quantitative estimate of drug-likeness (QED) is 0.699. The molecule has 0 spiro atoms. The van der Waals surface area contributed by atoms with E-state index in [1.807, 2.05) is 46.8 Å². The molecule has 6 nitrogen and oxygen atoms in total. The number of hydrogen-bond donors (Lipinski definition) is 3. The fourth-order valence-corrected chi connectivity index (χ4v) is 2.62. The second-order valence-electron chi connectivity index (χ2n) is 9.54. The van der Waals surface area contributed by atoms with Gasteiger partial charge in [0.25, 0.3) is 5.91 Å². The number of carbonyl (C=O) groups is 3. The second kappa shape index (κ2) is 9.22. The summed E-state index contributed by atoms with van der Waals surface area (Å²) in [4.78, 5) is 37.0. The minimum atomic E-state index is -0.725. The zero-order valence-electron chi connectivity index (χ0n) is 18.4. The molecule has 1 unspecified atom stereocenters. The number of benzene rings is 1. The zero-order valence-corrected chi connectivity index (χ0v) is 18.4. The van der Waals surface area contributed by atoms with Gasteiger partial charge >= 0.3 is 0 Å². The molecule has 6 heteroatoms. The van der Waals surface area contributed by atoms with Crippen LogP contribution >= 0.6 is 0 Å². The van der Waals surface area contributed by atoms with Gasteiger partial charge in [-0.15, -0.1) is 0 Å². The van der Waals surface area contributed by atoms with Crippen LogP contribution in [-0.2, 0) is 15.0 Å². The monoisotopic (exact) mass is 389 g/mol. The van der Waals surface area contributed by atoms with Crippen LogP contribution in [0.25, 0.3) is 0 Å². The van der Waals surface area contributed by atoms with Gasteiger partial charge in [-0.3, -0.25) is 14.4 Å². The van der Waals surface area contributed by atoms with Crippen LogP contribution in [0.15, 0.2) is 24.3 Å². The van der Waals surface area contributed by atoms with E-state index < -0.39 is 6.04 Å². The molecule has 1 aromatic rings. The van der Waals surface area contributed by atoms with Crippen LogP contribution in [-0.4, -0.2) is 35.8 Å². The molecule has 0 aliphatic carbocycles. The Bertz CT molecular complexity index is 695. The zero-order chi connectivity index (χ0) is 21.7. The van der Waals surface area contributed by atoms with Crippen molar-refractivity contribution in [2.45, 2.75) is 72.4 Å². The topological polar surface area (TPSA) is 87.3 Å². The summed E-state index contributed by atoms with van der Waals surface area (Å²) in [7, 11) is 0. The van der Waals surface area contributed by atoms with Gasteiger partial charge in [-0.25, -0.2) is 0 Å².